The van der Waals surface area contributed by atoms with Crippen LogP contribution in [0.2, 0.25) is 0 Å². The molecule has 2 aliphatic rings. The first kappa shape index (κ1) is 30.7. The number of fused-ring (bicyclic) bond motifs is 1. The number of nitrogens with one attached hydrogen (secondary N) is 2. The van der Waals surface area contributed by atoms with E-state index in [1.807, 2.05) is 0 Å². The summed E-state index contributed by atoms with van der Waals surface area (Å²) in [6.07, 6.45) is 1.01. The van der Waals surface area contributed by atoms with Gasteiger partial charge in [0.15, 0.2) is 34.7 Å². The second kappa shape index (κ2) is 12.7. The number of oxime groups is 1. The van der Waals surface area contributed by atoms with Gasteiger partial charge in [-0.2, -0.15) is 9.36 Å². The molecule has 2 aromatic rings. The predicted molar refractivity (Wildman–Crippen MR) is 154 cm³/mol. The van der Waals surface area contributed by atoms with E-state index in [2.05, 4.69) is 25.1 Å². The van der Waals surface area contributed by atoms with Gasteiger partial charge in [-0.05, 0) is 13.8 Å². The van der Waals surface area contributed by atoms with Crippen LogP contribution in [-0.4, -0.2) is 83.8 Å². The monoisotopic (exact) mass is 622 g/mol. The number of nitrogen functional groups attached to an aromatic ring is 2. The maximum Gasteiger partial charge on any atom is 0.352 e. The number of hydrogen-bond donors (Lipinski definition) is 6. The highest BCUT2D eigenvalue weighted by Crippen LogP contribution is 2.45. The van der Waals surface area contributed by atoms with Crippen molar-refractivity contribution < 1.29 is 33.8 Å². The number of carboxylic acids is 1. The number of aliphatic carboxylic acids is 1. The number of nitrogens with two attached hydrogens (primary N) is 3. The largest absolute Gasteiger partial charge is 0.477 e. The minimum absolute atomic E-state index is 0.000990. The number of thioether (sulfide) groups is 1. The summed E-state index contributed by atoms with van der Waals surface area (Å²) in [6.45, 7) is 4.10. The number of amides is 3. The zero-order valence-electron chi connectivity index (χ0n) is 23.1. The first-order chi connectivity index (χ1) is 19.9. The Balaban J connectivity index is 1.52. The Morgan fingerprint density at radius 1 is 1.33 bits per heavy atom. The number of carboxylic acid groups (broad SMARTS) is 1. The molecule has 0 spiro atoms. The number of urea groups is 1. The van der Waals surface area contributed by atoms with Gasteiger partial charge in [0.25, 0.3) is 0 Å². The number of hydrogen-bond acceptors (Lipinski definition) is 13. The topological polar surface area (TPSA) is 250 Å². The van der Waals surface area contributed by atoms with E-state index in [9.17, 15) is 24.3 Å². The van der Waals surface area contributed by atoms with E-state index < -0.39 is 35.0 Å². The minimum Gasteiger partial charge on any atom is -0.477 e. The van der Waals surface area contributed by atoms with Crippen LogP contribution in [0.15, 0.2) is 22.6 Å². The molecule has 2 aromatic heterocycles. The van der Waals surface area contributed by atoms with Crippen LogP contribution >= 0.6 is 23.3 Å². The van der Waals surface area contributed by atoms with E-state index in [0.717, 1.165) is 11.5 Å². The van der Waals surface area contributed by atoms with Gasteiger partial charge in [-0.25, -0.2) is 9.59 Å². The molecule has 0 aromatic carbocycles. The SMILES string of the molecule is CC(C)O/N=C(/C(=O)C[C@@H]1C(=O)N2C(C(=O)O)=C(C[n+]3cc(NC(=O)NCCN)c(N)n3C)CS[C@H]12)c1nsc(N)n1. The molecule has 0 bridgehead atoms. The summed E-state index contributed by atoms with van der Waals surface area (Å²) in [6, 6.07) is -0.490. The normalized spacial score (nSPS) is 18.5. The molecular weight excluding hydrogens is 590 g/mol. The average molecular weight is 623 g/mol. The number of rotatable bonds is 12. The van der Waals surface area contributed by atoms with Crippen molar-refractivity contribution >= 4 is 69.3 Å². The van der Waals surface area contributed by atoms with E-state index >= 15 is 0 Å². The molecule has 0 unspecified atom stereocenters. The second-order valence-electron chi connectivity index (χ2n) is 9.67. The molecule has 1 fully saturated rings. The maximum absolute atomic E-state index is 13.3. The standard InChI is InChI=1S/C23H31N11O6S2/c1-10(2)40-30-15(18-29-22(26)42-31-18)14(35)6-12-19(36)34-16(21(37)38)11(9-41-20(12)34)7-33-8-13(17(25)32(33)3)28-23(39)27-5-4-24/h8,10,12,20,25H,4-7,9,24H2,1-3H3,(H5,26,27,28,29,31,37,38,39)/p+1/b30-15-/t12-,20-/m1/s1. The van der Waals surface area contributed by atoms with Gasteiger partial charge in [0, 0.05) is 42.4 Å². The summed E-state index contributed by atoms with van der Waals surface area (Å²) < 4.78 is 7.22. The molecule has 4 rings (SSSR count). The van der Waals surface area contributed by atoms with Gasteiger partial charge in [-0.1, -0.05) is 5.16 Å². The van der Waals surface area contributed by atoms with Crippen molar-refractivity contribution in [2.45, 2.75) is 38.3 Å². The Hall–Kier alpha value is -4.23. The first-order valence-corrected chi connectivity index (χ1v) is 14.6. The number of anilines is 3. The zero-order chi connectivity index (χ0) is 30.7. The Kier molecular flexibility index (Phi) is 9.32. The van der Waals surface area contributed by atoms with Crippen LogP contribution in [0.5, 0.6) is 0 Å². The van der Waals surface area contributed by atoms with Gasteiger partial charge in [0.1, 0.15) is 11.8 Å². The fourth-order valence-corrected chi connectivity index (χ4v) is 6.19. The summed E-state index contributed by atoms with van der Waals surface area (Å²) in [5.74, 6) is -2.55. The third-order valence-corrected chi connectivity index (χ3v) is 8.30. The Morgan fingerprint density at radius 3 is 2.69 bits per heavy atom. The van der Waals surface area contributed by atoms with Crippen molar-refractivity contribution in [1.29, 1.82) is 0 Å². The number of nitrogens with zero attached hydrogens (tertiary/aromatic N) is 6. The molecule has 0 saturated carbocycles. The van der Waals surface area contributed by atoms with Crippen molar-refractivity contribution in [3.63, 3.8) is 0 Å². The van der Waals surface area contributed by atoms with Gasteiger partial charge >= 0.3 is 12.0 Å². The molecule has 2 aliphatic heterocycles. The lowest BCUT2D eigenvalue weighted by Gasteiger charge is -2.49. The smallest absolute Gasteiger partial charge is 0.352 e. The number of Topliss-reactive ketones (excluding diaryl/α,β-unsaturated/α-hetero) is 1. The number of carbonyl (C=O) groups excluding carboxylic acids is 3. The van der Waals surface area contributed by atoms with Gasteiger partial charge in [-0.15, -0.1) is 21.1 Å². The van der Waals surface area contributed by atoms with Crippen LogP contribution < -0.4 is 32.5 Å². The number of ketones is 1. The summed E-state index contributed by atoms with van der Waals surface area (Å²) in [5, 5.41) is 18.8. The average Bonchev–Trinajstić information content (AvgIpc) is 3.48. The van der Waals surface area contributed by atoms with Crippen LogP contribution in [-0.2, 0) is 32.8 Å². The highest BCUT2D eigenvalue weighted by atomic mass is 32.2. The van der Waals surface area contributed by atoms with Crippen molar-refractivity contribution in [1.82, 2.24) is 24.3 Å². The molecule has 3 amide bonds. The molecule has 17 nitrogen and oxygen atoms in total. The molecule has 19 heteroatoms. The molecule has 1 saturated heterocycles. The predicted octanol–water partition coefficient (Wildman–Crippen LogP) is -0.933. The third-order valence-electron chi connectivity index (χ3n) is 6.36. The van der Waals surface area contributed by atoms with Crippen LogP contribution in [0.3, 0.4) is 0 Å². The Bertz CT molecular complexity index is 1470. The van der Waals surface area contributed by atoms with Crippen molar-refractivity contribution in [2.75, 3.05) is 35.6 Å². The zero-order valence-corrected chi connectivity index (χ0v) is 24.7. The summed E-state index contributed by atoms with van der Waals surface area (Å²) in [5.41, 5.74) is 17.7. The molecule has 42 heavy (non-hydrogen) atoms. The molecule has 2 atom stereocenters. The van der Waals surface area contributed by atoms with Crippen LogP contribution in [0.4, 0.5) is 21.4 Å². The van der Waals surface area contributed by atoms with Crippen LogP contribution in [0, 0.1) is 5.92 Å². The number of aromatic nitrogens is 4. The van der Waals surface area contributed by atoms with E-state index in [4.69, 9.17) is 22.0 Å². The van der Waals surface area contributed by atoms with Crippen LogP contribution in [0.25, 0.3) is 0 Å². The lowest BCUT2D eigenvalue weighted by molar-refractivity contribution is -0.765. The highest BCUT2D eigenvalue weighted by Gasteiger charge is 2.54. The van der Waals surface area contributed by atoms with Gasteiger partial charge < -0.3 is 32.5 Å². The van der Waals surface area contributed by atoms with Gasteiger partial charge in [0.05, 0.1) is 18.3 Å². The van der Waals surface area contributed by atoms with E-state index in [1.54, 1.807) is 36.5 Å². The van der Waals surface area contributed by atoms with E-state index in [1.165, 1.54) is 16.7 Å². The fourth-order valence-electron chi connectivity index (χ4n) is 4.35. The third kappa shape index (κ3) is 6.31. The first-order valence-electron chi connectivity index (χ1n) is 12.8. The van der Waals surface area contributed by atoms with Crippen molar-refractivity contribution in [2.24, 2.45) is 23.9 Å². The minimum atomic E-state index is -1.27. The van der Waals surface area contributed by atoms with E-state index in [0.29, 0.717) is 11.3 Å². The maximum atomic E-state index is 13.3. The number of carbonyl (C=O) groups is 4. The summed E-state index contributed by atoms with van der Waals surface area (Å²) >= 11 is 2.24. The fraction of sp³-hybridized carbons (Fsp3) is 0.478. The van der Waals surface area contributed by atoms with E-state index in [-0.39, 0.29) is 66.1 Å². The highest BCUT2D eigenvalue weighted by molar-refractivity contribution is 8.00. The van der Waals surface area contributed by atoms with Crippen molar-refractivity contribution in [3.8, 4) is 0 Å². The van der Waals surface area contributed by atoms with Gasteiger partial charge in [-0.3, -0.25) is 19.8 Å². The lowest BCUT2D eigenvalue weighted by atomic mass is 9.89. The molecule has 226 valence electrons. The Morgan fingerprint density at radius 2 is 2.07 bits per heavy atom. The molecule has 0 radical (unpaired) electrons. The van der Waals surface area contributed by atoms with Crippen LogP contribution in [0.1, 0.15) is 26.1 Å². The quantitative estimate of drug-likeness (QED) is 0.0727. The second-order valence-corrected chi connectivity index (χ2v) is 11.6. The molecule has 9 N–H and O–H groups in total. The number of β-lactam (4-membered cyclic amide) rings is 1. The Labute approximate surface area is 248 Å². The molecule has 0 aliphatic carbocycles. The lowest BCUT2D eigenvalue weighted by Crippen LogP contribution is -2.62. The molecule has 4 heterocycles. The summed E-state index contributed by atoms with van der Waals surface area (Å²) in [7, 11) is 1.65. The van der Waals surface area contributed by atoms with Crippen molar-refractivity contribution in [3.05, 3.63) is 23.3 Å². The molecular formula is C23H32N11O6S2+. The van der Waals surface area contributed by atoms with Gasteiger partial charge in [0.2, 0.25) is 17.9 Å². The summed E-state index contributed by atoms with van der Waals surface area (Å²) in [4.78, 5) is 61.4.